The second kappa shape index (κ2) is 3.33. The summed E-state index contributed by atoms with van der Waals surface area (Å²) in [4.78, 5) is 26.5. The van der Waals surface area contributed by atoms with Gasteiger partial charge in [0.1, 0.15) is 6.29 Å². The SMILES string of the molecule is O=Cc1cccc(-c2c[nH]c(=O)[nH]2)c1. The second-order valence-electron chi connectivity index (χ2n) is 2.90. The quantitative estimate of drug-likeness (QED) is 0.695. The van der Waals surface area contributed by atoms with E-state index < -0.39 is 0 Å². The Balaban J connectivity index is 2.51. The van der Waals surface area contributed by atoms with Crippen molar-refractivity contribution < 1.29 is 4.79 Å². The molecule has 0 unspecified atom stereocenters. The molecule has 0 bridgehead atoms. The van der Waals surface area contributed by atoms with Crippen LogP contribution < -0.4 is 5.69 Å². The molecule has 2 aromatic rings. The summed E-state index contributed by atoms with van der Waals surface area (Å²) >= 11 is 0. The lowest BCUT2D eigenvalue weighted by Gasteiger charge is -1.96. The summed E-state index contributed by atoms with van der Waals surface area (Å²) in [6.45, 7) is 0. The lowest BCUT2D eigenvalue weighted by molar-refractivity contribution is 0.112. The maximum atomic E-state index is 10.8. The van der Waals surface area contributed by atoms with Crippen molar-refractivity contribution in [2.45, 2.75) is 0 Å². The zero-order valence-corrected chi connectivity index (χ0v) is 7.28. The third-order valence-electron chi connectivity index (χ3n) is 1.93. The Hall–Kier alpha value is -2.10. The highest BCUT2D eigenvalue weighted by Gasteiger charge is 2.00. The topological polar surface area (TPSA) is 65.7 Å². The van der Waals surface area contributed by atoms with Gasteiger partial charge in [-0.15, -0.1) is 0 Å². The van der Waals surface area contributed by atoms with E-state index in [9.17, 15) is 9.59 Å². The molecule has 4 heteroatoms. The number of imidazole rings is 1. The Labute approximate surface area is 79.6 Å². The zero-order valence-electron chi connectivity index (χ0n) is 7.28. The van der Waals surface area contributed by atoms with E-state index in [0.717, 1.165) is 11.8 Å². The molecule has 0 saturated carbocycles. The Kier molecular flexibility index (Phi) is 2.02. The maximum Gasteiger partial charge on any atom is 0.323 e. The van der Waals surface area contributed by atoms with Gasteiger partial charge in [0, 0.05) is 17.3 Å². The average molecular weight is 188 g/mol. The molecule has 1 aromatic carbocycles. The van der Waals surface area contributed by atoms with Crippen molar-refractivity contribution >= 4 is 6.29 Å². The first-order chi connectivity index (χ1) is 6.79. The molecular weight excluding hydrogens is 180 g/mol. The summed E-state index contributed by atoms with van der Waals surface area (Å²) < 4.78 is 0. The highest BCUT2D eigenvalue weighted by Crippen LogP contribution is 2.15. The summed E-state index contributed by atoms with van der Waals surface area (Å²) in [7, 11) is 0. The van der Waals surface area contributed by atoms with E-state index in [1.54, 1.807) is 24.4 Å². The van der Waals surface area contributed by atoms with Crippen LogP contribution in [0.15, 0.2) is 35.3 Å². The normalized spacial score (nSPS) is 10.0. The number of rotatable bonds is 2. The smallest absolute Gasteiger partial charge is 0.312 e. The summed E-state index contributed by atoms with van der Waals surface area (Å²) in [5.41, 5.74) is 1.83. The van der Waals surface area contributed by atoms with E-state index >= 15 is 0 Å². The Morgan fingerprint density at radius 3 is 2.79 bits per heavy atom. The number of carbonyl (C=O) groups excluding carboxylic acids is 1. The lowest BCUT2D eigenvalue weighted by Crippen LogP contribution is -1.99. The van der Waals surface area contributed by atoms with Crippen molar-refractivity contribution in [1.29, 1.82) is 0 Å². The van der Waals surface area contributed by atoms with E-state index in [2.05, 4.69) is 9.97 Å². The van der Waals surface area contributed by atoms with Gasteiger partial charge in [-0.05, 0) is 6.07 Å². The summed E-state index contributed by atoms with van der Waals surface area (Å²) in [5.74, 6) is 0. The van der Waals surface area contributed by atoms with Crippen molar-refractivity contribution in [3.8, 4) is 11.3 Å². The number of carbonyl (C=O) groups is 1. The van der Waals surface area contributed by atoms with Crippen LogP contribution in [0.2, 0.25) is 0 Å². The van der Waals surface area contributed by atoms with E-state index in [1.807, 2.05) is 6.07 Å². The van der Waals surface area contributed by atoms with E-state index in [0.29, 0.717) is 11.3 Å². The van der Waals surface area contributed by atoms with Crippen LogP contribution in [0.25, 0.3) is 11.3 Å². The van der Waals surface area contributed by atoms with Crippen molar-refractivity contribution in [3.63, 3.8) is 0 Å². The van der Waals surface area contributed by atoms with Gasteiger partial charge in [-0.1, -0.05) is 18.2 Å². The molecule has 0 amide bonds. The third-order valence-corrected chi connectivity index (χ3v) is 1.93. The number of nitrogens with one attached hydrogen (secondary N) is 2. The first-order valence-corrected chi connectivity index (χ1v) is 4.13. The number of H-pyrrole nitrogens is 2. The fourth-order valence-corrected chi connectivity index (χ4v) is 1.27. The molecular formula is C10H8N2O2. The van der Waals surface area contributed by atoms with Crippen LogP contribution in [0, 0.1) is 0 Å². The molecule has 2 rings (SSSR count). The summed E-state index contributed by atoms with van der Waals surface area (Å²) in [5, 5.41) is 0. The average Bonchev–Trinajstić information content (AvgIpc) is 2.65. The van der Waals surface area contributed by atoms with Crippen molar-refractivity contribution in [2.75, 3.05) is 0 Å². The molecule has 70 valence electrons. The Morgan fingerprint density at radius 2 is 2.14 bits per heavy atom. The van der Waals surface area contributed by atoms with Gasteiger partial charge in [-0.2, -0.15) is 0 Å². The number of aromatic amines is 2. The van der Waals surface area contributed by atoms with Crippen LogP contribution in [0.4, 0.5) is 0 Å². The first kappa shape index (κ1) is 8.50. The molecule has 0 aliphatic rings. The predicted octanol–water partition coefficient (Wildman–Crippen LogP) is 1.18. The summed E-state index contributed by atoms with van der Waals surface area (Å²) in [6.07, 6.45) is 2.35. The van der Waals surface area contributed by atoms with E-state index in [4.69, 9.17) is 0 Å². The van der Waals surface area contributed by atoms with Gasteiger partial charge in [0.25, 0.3) is 0 Å². The van der Waals surface area contributed by atoms with Gasteiger partial charge in [0.2, 0.25) is 0 Å². The lowest BCUT2D eigenvalue weighted by atomic mass is 10.1. The van der Waals surface area contributed by atoms with Crippen LogP contribution in [0.3, 0.4) is 0 Å². The molecule has 0 aliphatic carbocycles. The third kappa shape index (κ3) is 1.50. The minimum absolute atomic E-state index is 0.253. The zero-order chi connectivity index (χ0) is 9.97. The van der Waals surface area contributed by atoms with Crippen LogP contribution in [-0.2, 0) is 0 Å². The van der Waals surface area contributed by atoms with E-state index in [1.165, 1.54) is 0 Å². The predicted molar refractivity (Wildman–Crippen MR) is 52.2 cm³/mol. The number of hydrogen-bond donors (Lipinski definition) is 2. The minimum atomic E-state index is -0.253. The minimum Gasteiger partial charge on any atom is -0.312 e. The molecule has 0 fully saturated rings. The highest BCUT2D eigenvalue weighted by molar-refractivity contribution is 5.78. The molecule has 0 spiro atoms. The number of aromatic nitrogens is 2. The first-order valence-electron chi connectivity index (χ1n) is 4.13. The molecule has 0 aliphatic heterocycles. The van der Waals surface area contributed by atoms with Crippen molar-refractivity contribution in [1.82, 2.24) is 9.97 Å². The Bertz CT molecular complexity index is 511. The summed E-state index contributed by atoms with van der Waals surface area (Å²) in [6, 6.07) is 7.02. The van der Waals surface area contributed by atoms with Gasteiger partial charge in [-0.3, -0.25) is 4.79 Å². The fraction of sp³-hybridized carbons (Fsp3) is 0. The van der Waals surface area contributed by atoms with Crippen LogP contribution in [-0.4, -0.2) is 16.3 Å². The molecule has 1 heterocycles. The monoisotopic (exact) mass is 188 g/mol. The molecule has 4 nitrogen and oxygen atoms in total. The van der Waals surface area contributed by atoms with Crippen LogP contribution >= 0.6 is 0 Å². The van der Waals surface area contributed by atoms with Gasteiger partial charge >= 0.3 is 5.69 Å². The fourth-order valence-electron chi connectivity index (χ4n) is 1.27. The molecule has 0 radical (unpaired) electrons. The molecule has 0 atom stereocenters. The maximum absolute atomic E-state index is 10.8. The van der Waals surface area contributed by atoms with Gasteiger partial charge in [0.05, 0.1) is 5.69 Å². The van der Waals surface area contributed by atoms with Gasteiger partial charge in [0.15, 0.2) is 0 Å². The van der Waals surface area contributed by atoms with Crippen LogP contribution in [0.1, 0.15) is 10.4 Å². The molecule has 1 aromatic heterocycles. The van der Waals surface area contributed by atoms with Gasteiger partial charge in [-0.25, -0.2) is 4.79 Å². The molecule has 2 N–H and O–H groups in total. The van der Waals surface area contributed by atoms with Crippen molar-refractivity contribution in [3.05, 3.63) is 46.5 Å². The number of hydrogen-bond acceptors (Lipinski definition) is 2. The molecule has 0 saturated heterocycles. The number of benzene rings is 1. The standard InChI is InChI=1S/C10H8N2O2/c13-6-7-2-1-3-8(4-7)9-5-11-10(14)12-9/h1-6H,(H2,11,12,14). The largest absolute Gasteiger partial charge is 0.323 e. The second-order valence-corrected chi connectivity index (χ2v) is 2.90. The highest BCUT2D eigenvalue weighted by atomic mass is 16.1. The van der Waals surface area contributed by atoms with Crippen LogP contribution in [0.5, 0.6) is 0 Å². The Morgan fingerprint density at radius 1 is 1.29 bits per heavy atom. The van der Waals surface area contributed by atoms with E-state index in [-0.39, 0.29) is 5.69 Å². The number of aldehydes is 1. The van der Waals surface area contributed by atoms with Crippen molar-refractivity contribution in [2.24, 2.45) is 0 Å². The van der Waals surface area contributed by atoms with Gasteiger partial charge < -0.3 is 9.97 Å². The molecule has 14 heavy (non-hydrogen) atoms.